The molecule has 5 nitrogen and oxygen atoms in total. The Morgan fingerprint density at radius 3 is 2.65 bits per heavy atom. The largest absolute Gasteiger partial charge is 0.573 e. The van der Waals surface area contributed by atoms with E-state index in [1.54, 1.807) is 24.3 Å². The summed E-state index contributed by atoms with van der Waals surface area (Å²) in [6.45, 7) is 0. The van der Waals surface area contributed by atoms with Crippen molar-refractivity contribution in [2.45, 2.75) is 50.5 Å². The van der Waals surface area contributed by atoms with Gasteiger partial charge in [-0.1, -0.05) is 41.4 Å². The smallest absolute Gasteiger partial charge is 0.405 e. The summed E-state index contributed by atoms with van der Waals surface area (Å²) in [5.74, 6) is 0.272. The van der Waals surface area contributed by atoms with Crippen LogP contribution in [0.1, 0.15) is 44.3 Å². The number of benzene rings is 2. The predicted molar refractivity (Wildman–Crippen MR) is 111 cm³/mol. The van der Waals surface area contributed by atoms with Crippen molar-refractivity contribution in [1.29, 1.82) is 0 Å². The van der Waals surface area contributed by atoms with Crippen LogP contribution in [-0.4, -0.2) is 27.6 Å². The highest BCUT2D eigenvalue weighted by Crippen LogP contribution is 2.40. The second-order valence-electron chi connectivity index (χ2n) is 8.03. The fraction of sp³-hybridized carbons (Fsp3) is 0.364. The van der Waals surface area contributed by atoms with Gasteiger partial charge in [0, 0.05) is 12.0 Å². The lowest BCUT2D eigenvalue weighted by Crippen LogP contribution is -2.31. The highest BCUT2D eigenvalue weighted by molar-refractivity contribution is 6.35. The zero-order valence-electron chi connectivity index (χ0n) is 16.4. The second kappa shape index (κ2) is 7.44. The summed E-state index contributed by atoms with van der Waals surface area (Å²) in [4.78, 5) is 13.6. The van der Waals surface area contributed by atoms with Gasteiger partial charge in [-0.25, -0.2) is 4.98 Å². The summed E-state index contributed by atoms with van der Waals surface area (Å²) in [6.07, 6.45) is 1.29. The number of hydrogen-bond donors (Lipinski definition) is 1. The standard InChI is InChI=1S/C22H19ClF3N3O2/c23-15-10-13(14-6-2-3-7-18(14)30-22(24,25)26)11-16-19(15)28-20(27-16)17-12-21(31-29-17)8-4-1-5-9-21/h2-3,6-7,10-11H,1,4-5,8-9,12H2,(H,27,28). The molecule has 1 aliphatic heterocycles. The highest BCUT2D eigenvalue weighted by atomic mass is 35.5. The fourth-order valence-corrected chi connectivity index (χ4v) is 4.66. The number of H-pyrrole nitrogens is 1. The molecule has 1 aromatic heterocycles. The number of nitrogens with one attached hydrogen (secondary N) is 1. The lowest BCUT2D eigenvalue weighted by atomic mass is 9.81. The van der Waals surface area contributed by atoms with Gasteiger partial charge in [-0.05, 0) is 49.4 Å². The van der Waals surface area contributed by atoms with Crippen molar-refractivity contribution in [2.24, 2.45) is 5.16 Å². The number of fused-ring (bicyclic) bond motifs is 1. The van der Waals surface area contributed by atoms with Gasteiger partial charge >= 0.3 is 6.36 Å². The first kappa shape index (κ1) is 20.2. The molecule has 0 radical (unpaired) electrons. The van der Waals surface area contributed by atoms with Crippen LogP contribution < -0.4 is 4.74 Å². The minimum Gasteiger partial charge on any atom is -0.405 e. The number of aromatic amines is 1. The van der Waals surface area contributed by atoms with E-state index in [1.165, 1.54) is 18.6 Å². The number of halogens is 4. The number of alkyl halides is 3. The van der Waals surface area contributed by atoms with E-state index in [4.69, 9.17) is 16.4 Å². The van der Waals surface area contributed by atoms with Crippen molar-refractivity contribution in [3.63, 3.8) is 0 Å². The molecule has 3 aromatic rings. The molecule has 5 rings (SSSR count). The SMILES string of the molecule is FC(F)(F)Oc1ccccc1-c1cc(Cl)c2nc(C3=NOC4(CCCCC4)C3)[nH]c2c1. The Kier molecular flexibility index (Phi) is 4.84. The molecular weight excluding hydrogens is 431 g/mol. The van der Waals surface area contributed by atoms with Crippen LogP contribution in [0.3, 0.4) is 0 Å². The quantitative estimate of drug-likeness (QED) is 0.489. The topological polar surface area (TPSA) is 59.5 Å². The van der Waals surface area contributed by atoms with Crippen LogP contribution in [0.4, 0.5) is 13.2 Å². The average Bonchev–Trinajstić information content (AvgIpc) is 3.33. The Morgan fingerprint density at radius 1 is 1.10 bits per heavy atom. The van der Waals surface area contributed by atoms with E-state index in [1.807, 2.05) is 0 Å². The van der Waals surface area contributed by atoms with Gasteiger partial charge in [0.2, 0.25) is 0 Å². The Bertz CT molecular complexity index is 1170. The van der Waals surface area contributed by atoms with Crippen molar-refractivity contribution >= 4 is 28.3 Å². The monoisotopic (exact) mass is 449 g/mol. The summed E-state index contributed by atoms with van der Waals surface area (Å²) < 4.78 is 42.6. The van der Waals surface area contributed by atoms with Gasteiger partial charge in [0.25, 0.3) is 0 Å². The molecule has 2 aromatic carbocycles. The molecule has 0 saturated heterocycles. The van der Waals surface area contributed by atoms with E-state index in [0.717, 1.165) is 31.4 Å². The molecule has 0 bridgehead atoms. The molecule has 0 amide bonds. The number of rotatable bonds is 3. The van der Waals surface area contributed by atoms with Crippen molar-refractivity contribution in [3.8, 4) is 16.9 Å². The van der Waals surface area contributed by atoms with E-state index in [0.29, 0.717) is 33.9 Å². The maximum Gasteiger partial charge on any atom is 0.573 e. The van der Waals surface area contributed by atoms with E-state index in [-0.39, 0.29) is 16.9 Å². The summed E-state index contributed by atoms with van der Waals surface area (Å²) in [7, 11) is 0. The molecule has 1 saturated carbocycles. The van der Waals surface area contributed by atoms with E-state index < -0.39 is 6.36 Å². The molecule has 0 atom stereocenters. The van der Waals surface area contributed by atoms with Crippen LogP contribution in [0.15, 0.2) is 41.6 Å². The number of oxime groups is 1. The second-order valence-corrected chi connectivity index (χ2v) is 8.44. The summed E-state index contributed by atoms with van der Waals surface area (Å²) >= 11 is 6.44. The predicted octanol–water partition coefficient (Wildman–Crippen LogP) is 6.61. The molecule has 0 unspecified atom stereocenters. The zero-order valence-corrected chi connectivity index (χ0v) is 17.2. The molecule has 31 heavy (non-hydrogen) atoms. The van der Waals surface area contributed by atoms with Crippen LogP contribution in [0.25, 0.3) is 22.2 Å². The van der Waals surface area contributed by atoms with E-state index in [2.05, 4.69) is 19.9 Å². The van der Waals surface area contributed by atoms with Crippen molar-refractivity contribution in [3.05, 3.63) is 47.2 Å². The molecule has 1 fully saturated rings. The Hall–Kier alpha value is -2.74. The zero-order chi connectivity index (χ0) is 21.6. The van der Waals surface area contributed by atoms with Gasteiger partial charge in [-0.2, -0.15) is 0 Å². The van der Waals surface area contributed by atoms with Gasteiger partial charge in [-0.15, -0.1) is 13.2 Å². The molecule has 2 heterocycles. The minimum absolute atomic E-state index is 0.241. The van der Waals surface area contributed by atoms with Crippen LogP contribution >= 0.6 is 11.6 Å². The summed E-state index contributed by atoms with van der Waals surface area (Å²) in [5.41, 5.74) is 2.39. The van der Waals surface area contributed by atoms with Gasteiger partial charge in [-0.3, -0.25) is 0 Å². The highest BCUT2D eigenvalue weighted by Gasteiger charge is 2.41. The van der Waals surface area contributed by atoms with E-state index in [9.17, 15) is 13.2 Å². The lowest BCUT2D eigenvalue weighted by molar-refractivity contribution is -0.274. The van der Waals surface area contributed by atoms with Gasteiger partial charge in [0.15, 0.2) is 5.82 Å². The number of imidazole rings is 1. The third kappa shape index (κ3) is 3.96. The maximum atomic E-state index is 12.8. The minimum atomic E-state index is -4.79. The molecular formula is C22H19ClF3N3O2. The van der Waals surface area contributed by atoms with Gasteiger partial charge < -0.3 is 14.6 Å². The number of hydrogen-bond acceptors (Lipinski definition) is 4. The Labute approximate surface area is 181 Å². The fourth-order valence-electron chi connectivity index (χ4n) is 4.40. The Balaban J connectivity index is 1.49. The molecule has 9 heteroatoms. The van der Waals surface area contributed by atoms with E-state index >= 15 is 0 Å². The number of para-hydroxylation sites is 1. The maximum absolute atomic E-state index is 12.8. The third-order valence-electron chi connectivity index (χ3n) is 5.84. The summed E-state index contributed by atoms with van der Waals surface area (Å²) in [6, 6.07) is 9.25. The first-order valence-electron chi connectivity index (χ1n) is 10.1. The van der Waals surface area contributed by atoms with Gasteiger partial charge in [0.05, 0.1) is 10.5 Å². The van der Waals surface area contributed by atoms with Crippen molar-refractivity contribution < 1.29 is 22.7 Å². The molecule has 1 spiro atoms. The molecule has 1 aliphatic carbocycles. The lowest BCUT2D eigenvalue weighted by Gasteiger charge is -2.30. The first-order valence-corrected chi connectivity index (χ1v) is 10.5. The number of ether oxygens (including phenoxy) is 1. The van der Waals surface area contributed by atoms with Gasteiger partial charge in [0.1, 0.15) is 22.6 Å². The number of nitrogens with zero attached hydrogens (tertiary/aromatic N) is 2. The first-order chi connectivity index (χ1) is 14.8. The van der Waals surface area contributed by atoms with Crippen LogP contribution in [0, 0.1) is 0 Å². The van der Waals surface area contributed by atoms with Crippen molar-refractivity contribution in [1.82, 2.24) is 9.97 Å². The van der Waals surface area contributed by atoms with Crippen LogP contribution in [0.2, 0.25) is 5.02 Å². The molecule has 162 valence electrons. The Morgan fingerprint density at radius 2 is 1.87 bits per heavy atom. The molecule has 1 N–H and O–H groups in total. The molecule has 2 aliphatic rings. The average molecular weight is 450 g/mol. The normalized spacial score (nSPS) is 18.3. The number of aromatic nitrogens is 2. The third-order valence-corrected chi connectivity index (χ3v) is 6.13. The summed E-state index contributed by atoms with van der Waals surface area (Å²) in [5, 5.41) is 4.60. The van der Waals surface area contributed by atoms with Crippen LogP contribution in [0.5, 0.6) is 5.75 Å². The van der Waals surface area contributed by atoms with Crippen LogP contribution in [-0.2, 0) is 4.84 Å². The van der Waals surface area contributed by atoms with Crippen molar-refractivity contribution in [2.75, 3.05) is 0 Å².